The van der Waals surface area contributed by atoms with Gasteiger partial charge in [-0.25, -0.2) is 23.4 Å². The molecule has 3 atom stereocenters. The van der Waals surface area contributed by atoms with Crippen LogP contribution in [-0.2, 0) is 19.9 Å². The van der Waals surface area contributed by atoms with E-state index in [2.05, 4.69) is 20.3 Å². The molecule has 6 rings (SSSR count). The van der Waals surface area contributed by atoms with Crippen molar-refractivity contribution in [1.82, 2.24) is 29.9 Å². The summed E-state index contributed by atoms with van der Waals surface area (Å²) in [5.41, 5.74) is 7.10. The Morgan fingerprint density at radius 1 is 1.12 bits per heavy atom. The maximum atomic E-state index is 14.9. The molecule has 1 saturated carbocycles. The minimum absolute atomic E-state index is 0.143. The number of carbonyl (C=O) groups excluding carboxylic acids is 2. The van der Waals surface area contributed by atoms with E-state index in [9.17, 15) is 27.2 Å². The second-order valence-electron chi connectivity index (χ2n) is 14.1. The number of ether oxygens (including phenoxy) is 1. The minimum atomic E-state index is -2.80. The van der Waals surface area contributed by atoms with Gasteiger partial charge in [0.25, 0.3) is 5.91 Å². The minimum Gasteiger partial charge on any atom is -0.463 e. The van der Waals surface area contributed by atoms with Crippen LogP contribution in [0, 0.1) is 17.3 Å². The maximum Gasteiger partial charge on any atom is 0.333 e. The number of hydrogen-bond donors (Lipinski definition) is 2. The Morgan fingerprint density at radius 3 is 2.43 bits per heavy atom. The molecule has 0 spiro atoms. The number of aliphatic imine (C=N–C) groups is 1. The number of halogens is 5. The third-order valence-corrected chi connectivity index (χ3v) is 9.40. The highest BCUT2D eigenvalue weighted by atomic mass is 35.5. The summed E-state index contributed by atoms with van der Waals surface area (Å²) < 4.78 is 59.5. The highest BCUT2D eigenvalue weighted by Gasteiger charge is 2.53. The fraction of sp³-hybridized carbons (Fsp3) is 0.429. The summed E-state index contributed by atoms with van der Waals surface area (Å²) in [5.74, 6) is -2.25. The lowest BCUT2D eigenvalue weighted by Gasteiger charge is -2.35. The van der Waals surface area contributed by atoms with Crippen molar-refractivity contribution in [2.75, 3.05) is 6.61 Å². The number of nitrogens with one attached hydrogen (secondary N) is 1. The van der Waals surface area contributed by atoms with Crippen LogP contribution in [0.2, 0.25) is 5.02 Å². The summed E-state index contributed by atoms with van der Waals surface area (Å²) in [5, 5.41) is 10.7. The van der Waals surface area contributed by atoms with E-state index in [-0.39, 0.29) is 18.3 Å². The molecule has 16 heteroatoms. The van der Waals surface area contributed by atoms with Crippen LogP contribution in [0.25, 0.3) is 22.5 Å². The van der Waals surface area contributed by atoms with Crippen LogP contribution in [0.5, 0.6) is 0 Å². The van der Waals surface area contributed by atoms with Gasteiger partial charge in [-0.3, -0.25) is 19.6 Å². The molecule has 2 aromatic carbocycles. The molecule has 1 aliphatic carbocycles. The Labute approximate surface area is 296 Å². The van der Waals surface area contributed by atoms with E-state index in [4.69, 9.17) is 27.1 Å². The molecule has 2 aliphatic rings. The van der Waals surface area contributed by atoms with Crippen molar-refractivity contribution >= 4 is 29.4 Å². The highest BCUT2D eigenvalue weighted by molar-refractivity contribution is 6.33. The van der Waals surface area contributed by atoms with Crippen LogP contribution >= 0.6 is 11.6 Å². The van der Waals surface area contributed by atoms with Gasteiger partial charge in [-0.1, -0.05) is 62.7 Å². The summed E-state index contributed by atoms with van der Waals surface area (Å²) in [4.78, 5) is 38.5. The Morgan fingerprint density at radius 2 is 1.84 bits per heavy atom. The molecular weight excluding hydrogens is 692 g/mol. The summed E-state index contributed by atoms with van der Waals surface area (Å²) in [6.07, 6.45) is 2.07. The van der Waals surface area contributed by atoms with E-state index in [1.54, 1.807) is 42.5 Å². The third kappa shape index (κ3) is 7.63. The molecule has 11 nitrogen and oxygen atoms in total. The average Bonchev–Trinajstić information content (AvgIpc) is 3.43. The van der Waals surface area contributed by atoms with Crippen molar-refractivity contribution in [3.05, 3.63) is 77.3 Å². The van der Waals surface area contributed by atoms with Gasteiger partial charge in [-0.05, 0) is 59.4 Å². The Balaban J connectivity index is 1.39. The third-order valence-electron chi connectivity index (χ3n) is 9.07. The molecule has 3 heterocycles. The number of rotatable bonds is 13. The van der Waals surface area contributed by atoms with Crippen LogP contribution in [-0.4, -0.2) is 60.7 Å². The van der Waals surface area contributed by atoms with Crippen LogP contribution in [0.15, 0.2) is 66.2 Å². The largest absolute Gasteiger partial charge is 0.463 e. The SMILES string of the molecule is CC(C)(C)C[C@]1(c2ccc(-c3cnn(C(F)F)c3)cc2)N=C(N)N([C@H](COC(=O)C(CC(F)F)C2CC2)c2ccc(Cl)c(-c3ncn[nH]3)c2)C1=O. The van der Waals surface area contributed by atoms with Gasteiger partial charge in [0.15, 0.2) is 17.3 Å². The van der Waals surface area contributed by atoms with E-state index >= 15 is 0 Å². The number of aromatic amines is 1. The lowest BCUT2D eigenvalue weighted by Crippen LogP contribution is -2.47. The van der Waals surface area contributed by atoms with E-state index in [0.29, 0.717) is 56.2 Å². The summed E-state index contributed by atoms with van der Waals surface area (Å²) >= 11 is 6.52. The van der Waals surface area contributed by atoms with E-state index in [1.807, 2.05) is 20.8 Å². The lowest BCUT2D eigenvalue weighted by atomic mass is 9.75. The number of hydrogen-bond acceptors (Lipinski definition) is 8. The number of carbonyl (C=O) groups is 2. The van der Waals surface area contributed by atoms with Crippen molar-refractivity contribution in [1.29, 1.82) is 0 Å². The van der Waals surface area contributed by atoms with Gasteiger partial charge < -0.3 is 10.5 Å². The van der Waals surface area contributed by atoms with Gasteiger partial charge in [0.1, 0.15) is 12.9 Å². The highest BCUT2D eigenvalue weighted by Crippen LogP contribution is 2.46. The van der Waals surface area contributed by atoms with Gasteiger partial charge >= 0.3 is 12.5 Å². The summed E-state index contributed by atoms with van der Waals surface area (Å²) in [7, 11) is 0. The Kier molecular flexibility index (Phi) is 9.95. The van der Waals surface area contributed by atoms with Crippen LogP contribution in [0.4, 0.5) is 17.6 Å². The number of guanidine groups is 1. The number of alkyl halides is 4. The van der Waals surface area contributed by atoms with Gasteiger partial charge in [-0.15, -0.1) is 0 Å². The molecular formula is C35H37ClF4N8O3. The molecule has 3 N–H and O–H groups in total. The van der Waals surface area contributed by atoms with E-state index in [1.165, 1.54) is 23.6 Å². The standard InChI is InChI=1S/C35H37ClF4N8O3/c1-34(2,3)17-35(23-9-6-19(7-10-23)22-14-44-47(15-22)32(39)40)31(50)48(33(41)45-35)27(16-51-30(49)24(13-28(37)38)20-4-5-20)21-8-11-26(36)25(12-21)29-42-18-43-46-29/h6-12,14-15,18,20,24,27-28,32H,4-5,13,16-17H2,1-3H3,(H2,41,45)(H,42,43,46)/t24?,27-,35-/m1/s1. The molecule has 1 amide bonds. The first-order chi connectivity index (χ1) is 24.2. The van der Waals surface area contributed by atoms with Crippen LogP contribution in [0.1, 0.15) is 70.2 Å². The van der Waals surface area contributed by atoms with E-state index in [0.717, 1.165) is 0 Å². The van der Waals surface area contributed by atoms with Crippen molar-refractivity contribution in [3.63, 3.8) is 0 Å². The number of amides is 1. The molecule has 0 radical (unpaired) electrons. The molecule has 1 unspecified atom stereocenters. The molecule has 0 saturated heterocycles. The Hall–Kier alpha value is -4.79. The monoisotopic (exact) mass is 728 g/mol. The number of benzene rings is 2. The maximum absolute atomic E-state index is 14.9. The fourth-order valence-corrected chi connectivity index (χ4v) is 6.84. The van der Waals surface area contributed by atoms with Gasteiger partial charge in [-0.2, -0.15) is 19.0 Å². The second-order valence-corrected chi connectivity index (χ2v) is 14.5. The predicted molar refractivity (Wildman–Crippen MR) is 180 cm³/mol. The molecule has 4 aromatic rings. The average molecular weight is 729 g/mol. The first kappa shape index (κ1) is 36.0. The van der Waals surface area contributed by atoms with Crippen molar-refractivity contribution in [2.24, 2.45) is 28.0 Å². The smallest absolute Gasteiger partial charge is 0.333 e. The Bertz CT molecular complexity index is 1910. The number of esters is 1. The normalized spacial score (nSPS) is 19.1. The zero-order chi connectivity index (χ0) is 36.7. The zero-order valence-corrected chi connectivity index (χ0v) is 28.8. The van der Waals surface area contributed by atoms with Gasteiger partial charge in [0, 0.05) is 23.7 Å². The van der Waals surface area contributed by atoms with Crippen molar-refractivity contribution < 1.29 is 31.9 Å². The quantitative estimate of drug-likeness (QED) is 0.110. The second kappa shape index (κ2) is 14.1. The summed E-state index contributed by atoms with van der Waals surface area (Å²) in [6, 6.07) is 10.6. The topological polar surface area (TPSA) is 144 Å². The van der Waals surface area contributed by atoms with Crippen molar-refractivity contribution in [3.8, 4) is 22.5 Å². The zero-order valence-electron chi connectivity index (χ0n) is 28.1. The number of nitrogens with zero attached hydrogens (tertiary/aromatic N) is 6. The molecule has 1 aliphatic heterocycles. The van der Waals surface area contributed by atoms with E-state index < -0.39 is 60.8 Å². The lowest BCUT2D eigenvalue weighted by molar-refractivity contribution is -0.154. The van der Waals surface area contributed by atoms with Crippen LogP contribution < -0.4 is 5.73 Å². The molecule has 270 valence electrons. The van der Waals surface area contributed by atoms with Gasteiger partial charge in [0.2, 0.25) is 6.43 Å². The molecule has 1 fully saturated rings. The molecule has 0 bridgehead atoms. The fourth-order valence-electron chi connectivity index (χ4n) is 6.63. The van der Waals surface area contributed by atoms with Crippen molar-refractivity contribution in [2.45, 2.75) is 71.0 Å². The summed E-state index contributed by atoms with van der Waals surface area (Å²) in [6.45, 7) is 2.64. The molecule has 2 aromatic heterocycles. The molecule has 51 heavy (non-hydrogen) atoms. The van der Waals surface area contributed by atoms with Crippen LogP contribution in [0.3, 0.4) is 0 Å². The predicted octanol–water partition coefficient (Wildman–Crippen LogP) is 7.14. The number of H-pyrrole nitrogens is 1. The van der Waals surface area contributed by atoms with Gasteiger partial charge in [0.05, 0.1) is 23.2 Å². The number of nitrogens with two attached hydrogens (primary N) is 1. The first-order valence-corrected chi connectivity index (χ1v) is 16.8. The first-order valence-electron chi connectivity index (χ1n) is 16.4. The number of aromatic nitrogens is 5.